The highest BCUT2D eigenvalue weighted by Crippen LogP contribution is 2.22. The average molecular weight is 248 g/mol. The van der Waals surface area contributed by atoms with Crippen LogP contribution in [0, 0.1) is 5.82 Å². The molecule has 92 valence electrons. The second-order valence-electron chi connectivity index (χ2n) is 3.59. The summed E-state index contributed by atoms with van der Waals surface area (Å²) in [7, 11) is 0. The molecule has 0 radical (unpaired) electrons. The molecule has 2 aromatic rings. The second kappa shape index (κ2) is 5.35. The van der Waals surface area contributed by atoms with Gasteiger partial charge in [-0.3, -0.25) is 0 Å². The molecule has 0 saturated carbocycles. The lowest BCUT2D eigenvalue weighted by atomic mass is 10.1. The van der Waals surface area contributed by atoms with Crippen molar-refractivity contribution in [1.29, 1.82) is 0 Å². The Morgan fingerprint density at radius 1 is 1.11 bits per heavy atom. The molecule has 0 aliphatic heterocycles. The predicted octanol–water partition coefficient (Wildman–Crippen LogP) is 3.37. The van der Waals surface area contributed by atoms with Crippen LogP contribution in [0.25, 0.3) is 11.4 Å². The number of hydrogen-bond donors (Lipinski definition) is 1. The summed E-state index contributed by atoms with van der Waals surface area (Å²) in [6.45, 7) is 0. The maximum atomic E-state index is 13.4. The van der Waals surface area contributed by atoms with Crippen molar-refractivity contribution < 1.29 is 13.9 Å². The van der Waals surface area contributed by atoms with Crippen LogP contribution < -0.4 is 0 Å². The lowest BCUT2D eigenvalue weighted by molar-refractivity contribution is 0.396. The van der Waals surface area contributed by atoms with Crippen LogP contribution in [0.5, 0.6) is 0 Å². The van der Waals surface area contributed by atoms with Crippen LogP contribution in [-0.4, -0.2) is 15.1 Å². The molecule has 0 saturated heterocycles. The first kappa shape index (κ1) is 12.2. The van der Waals surface area contributed by atoms with Crippen molar-refractivity contribution in [3.63, 3.8) is 0 Å². The first-order valence-corrected chi connectivity index (χ1v) is 5.23. The Morgan fingerprint density at radius 3 is 2.28 bits per heavy atom. The molecule has 1 unspecified atom stereocenters. The number of benzene rings is 1. The van der Waals surface area contributed by atoms with Gasteiger partial charge >= 0.3 is 0 Å². The van der Waals surface area contributed by atoms with Gasteiger partial charge in [-0.05, 0) is 11.6 Å². The highest BCUT2D eigenvalue weighted by molar-refractivity contribution is 5.55. The van der Waals surface area contributed by atoms with Gasteiger partial charge < -0.3 is 5.11 Å². The minimum atomic E-state index is -1.36. The summed E-state index contributed by atoms with van der Waals surface area (Å²) >= 11 is 0. The first-order valence-electron chi connectivity index (χ1n) is 5.23. The van der Waals surface area contributed by atoms with E-state index in [0.717, 1.165) is 18.5 Å². The monoisotopic (exact) mass is 248 g/mol. The molecule has 1 heterocycles. The van der Waals surface area contributed by atoms with Crippen molar-refractivity contribution in [3.05, 3.63) is 60.4 Å². The Labute approximate surface area is 102 Å². The first-order chi connectivity index (χ1) is 8.70. The summed E-state index contributed by atoms with van der Waals surface area (Å²) in [6, 6.07) is 6.40. The molecule has 2 rings (SSSR count). The van der Waals surface area contributed by atoms with Crippen LogP contribution in [0.3, 0.4) is 0 Å². The minimum absolute atomic E-state index is 0.371. The van der Waals surface area contributed by atoms with Gasteiger partial charge in [0.2, 0.25) is 0 Å². The molecule has 18 heavy (non-hydrogen) atoms. The zero-order valence-corrected chi connectivity index (χ0v) is 9.29. The van der Waals surface area contributed by atoms with E-state index in [1.807, 2.05) is 0 Å². The normalized spacial score (nSPS) is 12.8. The molecule has 0 aliphatic rings. The van der Waals surface area contributed by atoms with E-state index in [4.69, 9.17) is 5.11 Å². The van der Waals surface area contributed by atoms with Gasteiger partial charge in [0, 0.05) is 5.56 Å². The number of nitrogens with zero attached hydrogens (tertiary/aromatic N) is 2. The highest BCUT2D eigenvalue weighted by atomic mass is 19.1. The number of alkyl halides is 1. The molecule has 0 aliphatic carbocycles. The second-order valence-corrected chi connectivity index (χ2v) is 3.59. The van der Waals surface area contributed by atoms with E-state index in [2.05, 4.69) is 9.97 Å². The van der Waals surface area contributed by atoms with E-state index in [0.29, 0.717) is 23.2 Å². The fourth-order valence-electron chi connectivity index (χ4n) is 1.46. The van der Waals surface area contributed by atoms with Crippen molar-refractivity contribution in [2.45, 2.75) is 6.17 Å². The molecule has 1 atom stereocenters. The van der Waals surface area contributed by atoms with Gasteiger partial charge in [-0.25, -0.2) is 18.7 Å². The van der Waals surface area contributed by atoms with E-state index >= 15 is 0 Å². The summed E-state index contributed by atoms with van der Waals surface area (Å²) in [5, 5.41) is 8.48. The van der Waals surface area contributed by atoms with Crippen LogP contribution >= 0.6 is 0 Å². The number of aliphatic hydroxyl groups is 1. The summed E-state index contributed by atoms with van der Waals surface area (Å²) in [4.78, 5) is 7.65. The van der Waals surface area contributed by atoms with Gasteiger partial charge in [-0.2, -0.15) is 0 Å². The number of allylic oxidation sites excluding steroid dienone is 1. The van der Waals surface area contributed by atoms with E-state index in [1.165, 1.54) is 0 Å². The van der Waals surface area contributed by atoms with Crippen LogP contribution in [-0.2, 0) is 0 Å². The number of hydrogen-bond acceptors (Lipinski definition) is 3. The van der Waals surface area contributed by atoms with Crippen molar-refractivity contribution in [2.75, 3.05) is 0 Å². The third-order valence-electron chi connectivity index (χ3n) is 2.36. The molecule has 1 N–H and O–H groups in total. The number of halogens is 2. The van der Waals surface area contributed by atoms with Crippen molar-refractivity contribution in [2.24, 2.45) is 0 Å². The molecule has 5 heteroatoms. The topological polar surface area (TPSA) is 46.0 Å². The fourth-order valence-corrected chi connectivity index (χ4v) is 1.46. The van der Waals surface area contributed by atoms with Gasteiger partial charge in [0.15, 0.2) is 11.6 Å². The standard InChI is InChI=1S/C13H10F2N2O/c14-11-7-16-13(17-8-11)10-3-1-9(2-4-10)12(15)5-6-18/h1-8,12,18H/b6-5-. The van der Waals surface area contributed by atoms with Gasteiger partial charge in [0.25, 0.3) is 0 Å². The number of rotatable bonds is 3. The summed E-state index contributed by atoms with van der Waals surface area (Å²) in [5.41, 5.74) is 1.07. The van der Waals surface area contributed by atoms with Crippen molar-refractivity contribution >= 4 is 0 Å². The molecule has 0 bridgehead atoms. The predicted molar refractivity (Wildman–Crippen MR) is 63.0 cm³/mol. The molecule has 0 amide bonds. The van der Waals surface area contributed by atoms with Gasteiger partial charge in [-0.15, -0.1) is 0 Å². The number of aliphatic hydroxyl groups excluding tert-OH is 1. The molecular weight excluding hydrogens is 238 g/mol. The Balaban J connectivity index is 2.24. The van der Waals surface area contributed by atoms with Gasteiger partial charge in [0.1, 0.15) is 6.17 Å². The largest absolute Gasteiger partial charge is 0.516 e. The Hall–Kier alpha value is -2.30. The van der Waals surface area contributed by atoms with Gasteiger partial charge in [0.05, 0.1) is 18.7 Å². The minimum Gasteiger partial charge on any atom is -0.516 e. The molecule has 0 spiro atoms. The van der Waals surface area contributed by atoms with Crippen LogP contribution in [0.1, 0.15) is 11.7 Å². The van der Waals surface area contributed by atoms with Crippen LogP contribution in [0.4, 0.5) is 8.78 Å². The highest BCUT2D eigenvalue weighted by Gasteiger charge is 2.07. The number of aromatic nitrogens is 2. The quantitative estimate of drug-likeness (QED) is 0.847. The summed E-state index contributed by atoms with van der Waals surface area (Å²) in [6.07, 6.45) is 2.48. The maximum absolute atomic E-state index is 13.4. The Bertz CT molecular complexity index is 538. The van der Waals surface area contributed by atoms with Crippen molar-refractivity contribution in [1.82, 2.24) is 9.97 Å². The fraction of sp³-hybridized carbons (Fsp3) is 0.0769. The molecule has 0 fully saturated rings. The maximum Gasteiger partial charge on any atom is 0.159 e. The zero-order valence-electron chi connectivity index (χ0n) is 9.29. The van der Waals surface area contributed by atoms with E-state index in [1.54, 1.807) is 24.3 Å². The molecule has 3 nitrogen and oxygen atoms in total. The third kappa shape index (κ3) is 2.68. The van der Waals surface area contributed by atoms with Crippen LogP contribution in [0.15, 0.2) is 49.0 Å². The Morgan fingerprint density at radius 2 is 1.72 bits per heavy atom. The van der Waals surface area contributed by atoms with E-state index in [9.17, 15) is 8.78 Å². The summed E-state index contributed by atoms with van der Waals surface area (Å²) < 4.78 is 26.0. The van der Waals surface area contributed by atoms with Gasteiger partial charge in [-0.1, -0.05) is 24.3 Å². The SMILES string of the molecule is O/C=C\C(F)c1ccc(-c2ncc(F)cn2)cc1. The summed E-state index contributed by atoms with van der Waals surface area (Å²) in [5.74, 6) is -0.136. The van der Waals surface area contributed by atoms with E-state index in [-0.39, 0.29) is 0 Å². The Kier molecular flexibility index (Phi) is 3.62. The lowest BCUT2D eigenvalue weighted by Crippen LogP contribution is -1.91. The third-order valence-corrected chi connectivity index (χ3v) is 2.36. The van der Waals surface area contributed by atoms with Crippen molar-refractivity contribution in [3.8, 4) is 11.4 Å². The smallest absolute Gasteiger partial charge is 0.159 e. The average Bonchev–Trinajstić information content (AvgIpc) is 2.40. The molecule has 1 aromatic carbocycles. The molecular formula is C13H10F2N2O. The zero-order chi connectivity index (χ0) is 13.0. The molecule has 1 aromatic heterocycles. The van der Waals surface area contributed by atoms with Crippen LogP contribution in [0.2, 0.25) is 0 Å². The van der Waals surface area contributed by atoms with E-state index < -0.39 is 12.0 Å². The lowest BCUT2D eigenvalue weighted by Gasteiger charge is -2.04.